The molecule has 40 heavy (non-hydrogen) atoms. The van der Waals surface area contributed by atoms with Gasteiger partial charge in [0.2, 0.25) is 11.2 Å². The van der Waals surface area contributed by atoms with Gasteiger partial charge in [0, 0.05) is 16.3 Å². The van der Waals surface area contributed by atoms with Crippen LogP contribution in [-0.4, -0.2) is 14.2 Å². The highest BCUT2D eigenvalue weighted by atomic mass is 16.5. The maximum absolute atomic E-state index is 5.77. The van der Waals surface area contributed by atoms with Crippen LogP contribution in [0.15, 0.2) is 134 Å². The third-order valence-electron chi connectivity index (χ3n) is 7.67. The minimum atomic E-state index is 0.708. The van der Waals surface area contributed by atoms with E-state index in [9.17, 15) is 0 Å². The Labute approximate surface area is 233 Å². The predicted octanol–water partition coefficient (Wildman–Crippen LogP) is 8.75. The first-order chi connectivity index (χ1) is 19.8. The molecule has 3 nitrogen and oxygen atoms in total. The van der Waals surface area contributed by atoms with E-state index in [-0.39, 0.29) is 0 Å². The first-order valence-electron chi connectivity index (χ1n) is 13.4. The van der Waals surface area contributed by atoms with E-state index in [0.717, 1.165) is 38.7 Å². The quantitative estimate of drug-likeness (QED) is 0.129. The highest BCUT2D eigenvalue weighted by molar-refractivity contribution is 6.15. The molecule has 0 fully saturated rings. The van der Waals surface area contributed by atoms with Crippen molar-refractivity contribution < 1.29 is 13.9 Å². The third kappa shape index (κ3) is 3.78. The van der Waals surface area contributed by atoms with Gasteiger partial charge in [-0.1, -0.05) is 97.1 Å². The summed E-state index contributed by atoms with van der Waals surface area (Å²) < 4.78 is 13.9. The van der Waals surface area contributed by atoms with Crippen molar-refractivity contribution in [3.05, 3.63) is 134 Å². The van der Waals surface area contributed by atoms with Gasteiger partial charge in [-0.15, -0.1) is 0 Å². The molecule has 5 aromatic carbocycles. The molecule has 0 radical (unpaired) electrons. The number of nitrogens with zero attached hydrogens (tertiary/aromatic N) is 1. The number of fused-ring (bicyclic) bond motifs is 4. The van der Waals surface area contributed by atoms with Gasteiger partial charge in [-0.2, -0.15) is 4.40 Å². The van der Waals surface area contributed by atoms with Gasteiger partial charge in [0.05, 0.1) is 36.1 Å². The Hall–Kier alpha value is -5.15. The molecule has 2 heterocycles. The number of ether oxygens (including phenoxy) is 2. The van der Waals surface area contributed by atoms with E-state index in [2.05, 4.69) is 138 Å². The molecule has 0 amide bonds. The Kier molecular flexibility index (Phi) is 5.90. The van der Waals surface area contributed by atoms with Crippen molar-refractivity contribution in [2.75, 3.05) is 14.2 Å². The van der Waals surface area contributed by atoms with Crippen LogP contribution in [0, 0.1) is 0 Å². The summed E-state index contributed by atoms with van der Waals surface area (Å²) in [6, 6.07) is 45.0. The third-order valence-corrected chi connectivity index (χ3v) is 7.67. The fraction of sp³-hybridized carbons (Fsp3) is 0.0541. The molecule has 0 spiro atoms. The molecule has 0 bridgehead atoms. The molecule has 3 heteroatoms. The summed E-state index contributed by atoms with van der Waals surface area (Å²) in [6.45, 7) is 0. The lowest BCUT2D eigenvalue weighted by molar-refractivity contribution is -0.495. The van der Waals surface area contributed by atoms with Crippen LogP contribution in [0.3, 0.4) is 0 Å². The first kappa shape index (κ1) is 23.9. The summed E-state index contributed by atoms with van der Waals surface area (Å²) in [7, 11) is 3.38. The number of pyridine rings is 2. The highest BCUT2D eigenvalue weighted by Crippen LogP contribution is 2.43. The van der Waals surface area contributed by atoms with E-state index in [1.54, 1.807) is 14.2 Å². The summed E-state index contributed by atoms with van der Waals surface area (Å²) in [4.78, 5) is 0. The zero-order valence-corrected chi connectivity index (χ0v) is 22.5. The fourth-order valence-electron chi connectivity index (χ4n) is 5.94. The number of rotatable bonds is 5. The molecule has 2 aromatic heterocycles. The van der Waals surface area contributed by atoms with Crippen LogP contribution in [0.4, 0.5) is 0 Å². The van der Waals surface area contributed by atoms with Crippen LogP contribution in [0.1, 0.15) is 0 Å². The molecule has 0 aliphatic carbocycles. The number of benzene rings is 5. The Morgan fingerprint density at radius 1 is 0.475 bits per heavy atom. The van der Waals surface area contributed by atoms with Crippen molar-refractivity contribution in [3.63, 3.8) is 0 Å². The summed E-state index contributed by atoms with van der Waals surface area (Å²) in [5, 5.41) is 4.59. The molecule has 0 saturated carbocycles. The van der Waals surface area contributed by atoms with Crippen LogP contribution in [-0.2, 0) is 0 Å². The Morgan fingerprint density at radius 2 is 0.975 bits per heavy atom. The van der Waals surface area contributed by atoms with E-state index < -0.39 is 0 Å². The maximum Gasteiger partial charge on any atom is 0.227 e. The number of hydrogen-bond acceptors (Lipinski definition) is 2. The van der Waals surface area contributed by atoms with E-state index in [1.165, 1.54) is 21.9 Å². The van der Waals surface area contributed by atoms with Gasteiger partial charge in [0.1, 0.15) is 0 Å². The molecule has 0 saturated heterocycles. The van der Waals surface area contributed by atoms with Crippen molar-refractivity contribution in [1.82, 2.24) is 0 Å². The smallest absolute Gasteiger partial charge is 0.227 e. The monoisotopic (exact) mass is 518 g/mol. The normalized spacial score (nSPS) is 11.2. The summed E-state index contributed by atoms with van der Waals surface area (Å²) in [5.74, 6) is 1.42. The molecule has 7 aromatic rings. The topological polar surface area (TPSA) is 22.6 Å². The maximum atomic E-state index is 5.77. The van der Waals surface area contributed by atoms with Crippen molar-refractivity contribution in [2.45, 2.75) is 0 Å². The van der Waals surface area contributed by atoms with Crippen molar-refractivity contribution in [1.29, 1.82) is 0 Å². The Balaban J connectivity index is 1.80. The predicted molar refractivity (Wildman–Crippen MR) is 164 cm³/mol. The van der Waals surface area contributed by atoms with Crippen molar-refractivity contribution in [2.24, 2.45) is 0 Å². The molecule has 0 aliphatic rings. The van der Waals surface area contributed by atoms with Crippen LogP contribution < -0.4 is 13.9 Å². The summed E-state index contributed by atoms with van der Waals surface area (Å²) in [5.41, 5.74) is 8.15. The molecule has 0 N–H and O–H groups in total. The molecule has 0 unspecified atom stereocenters. The van der Waals surface area contributed by atoms with Gasteiger partial charge in [0.25, 0.3) is 0 Å². The average molecular weight is 519 g/mol. The molecule has 0 aliphatic heterocycles. The van der Waals surface area contributed by atoms with Crippen molar-refractivity contribution in [3.8, 4) is 45.0 Å². The van der Waals surface area contributed by atoms with Gasteiger partial charge in [-0.3, -0.25) is 0 Å². The van der Waals surface area contributed by atoms with Crippen LogP contribution in [0.2, 0.25) is 0 Å². The van der Waals surface area contributed by atoms with E-state index in [0.29, 0.717) is 11.5 Å². The van der Waals surface area contributed by atoms with Crippen molar-refractivity contribution >= 4 is 27.1 Å². The minimum Gasteiger partial charge on any atom is -0.493 e. The zero-order chi connectivity index (χ0) is 27.1. The molecular formula is C37H28NO2+. The zero-order valence-electron chi connectivity index (χ0n) is 22.5. The van der Waals surface area contributed by atoms with Gasteiger partial charge in [-0.05, 0) is 41.5 Å². The highest BCUT2D eigenvalue weighted by Gasteiger charge is 2.29. The average Bonchev–Trinajstić information content (AvgIpc) is 3.03. The van der Waals surface area contributed by atoms with Crippen LogP contribution >= 0.6 is 0 Å². The van der Waals surface area contributed by atoms with E-state index in [4.69, 9.17) is 9.47 Å². The lowest BCUT2D eigenvalue weighted by Gasteiger charge is -2.17. The molecule has 7 rings (SSSR count). The number of methoxy groups -OCH3 is 2. The van der Waals surface area contributed by atoms with Gasteiger partial charge >= 0.3 is 0 Å². The number of hydrogen-bond donors (Lipinski definition) is 0. The Morgan fingerprint density at radius 3 is 1.57 bits per heavy atom. The lowest BCUT2D eigenvalue weighted by atomic mass is 9.89. The molecular weight excluding hydrogens is 490 g/mol. The second-order valence-electron chi connectivity index (χ2n) is 9.88. The van der Waals surface area contributed by atoms with Gasteiger partial charge in [-0.25, -0.2) is 0 Å². The molecule has 192 valence electrons. The van der Waals surface area contributed by atoms with Gasteiger partial charge < -0.3 is 9.47 Å². The second kappa shape index (κ2) is 9.87. The Bertz CT molecular complexity index is 2000. The first-order valence-corrected chi connectivity index (χ1v) is 13.4. The fourth-order valence-corrected chi connectivity index (χ4v) is 5.94. The van der Waals surface area contributed by atoms with Crippen LogP contribution in [0.25, 0.3) is 60.6 Å². The largest absolute Gasteiger partial charge is 0.493 e. The minimum absolute atomic E-state index is 0.708. The van der Waals surface area contributed by atoms with E-state index >= 15 is 0 Å². The number of aromatic nitrogens is 1. The lowest BCUT2D eigenvalue weighted by Crippen LogP contribution is -2.27. The SMILES string of the molecule is COc1cc2c[n+]3c(-c4ccccc4)c(-c4ccccc4)c4ccccc4c3c(-c3ccccc3)c2cc1OC. The van der Waals surface area contributed by atoms with E-state index in [1.807, 2.05) is 0 Å². The summed E-state index contributed by atoms with van der Waals surface area (Å²) >= 11 is 0. The molecule has 0 atom stereocenters. The standard InChI is InChI=1S/C37H28NO2/c1-39-32-22-28-24-38-36(27-18-10-5-11-19-27)34(25-14-6-3-7-15-25)29-20-12-13-21-30(29)37(38)35(26-16-8-4-9-17-26)31(28)23-33(32)40-2/h3-24H,1-2H3/q+1. The second-order valence-corrected chi connectivity index (χ2v) is 9.88. The van der Waals surface area contributed by atoms with Crippen LogP contribution in [0.5, 0.6) is 11.5 Å². The van der Waals surface area contributed by atoms with Gasteiger partial charge in [0.15, 0.2) is 17.7 Å². The summed E-state index contributed by atoms with van der Waals surface area (Å²) in [6.07, 6.45) is 2.25.